The van der Waals surface area contributed by atoms with E-state index in [1.54, 1.807) is 32.4 Å². The van der Waals surface area contributed by atoms with Crippen molar-refractivity contribution in [2.45, 2.75) is 6.42 Å². The first-order valence-corrected chi connectivity index (χ1v) is 8.83. The molecule has 28 heavy (non-hydrogen) atoms. The molecule has 7 nitrogen and oxygen atoms in total. The second-order valence-electron chi connectivity index (χ2n) is 5.97. The molecule has 0 atom stereocenters. The van der Waals surface area contributed by atoms with E-state index in [0.29, 0.717) is 29.5 Å². The van der Waals surface area contributed by atoms with Crippen LogP contribution in [0.5, 0.6) is 11.5 Å². The highest BCUT2D eigenvalue weighted by molar-refractivity contribution is 6.03. The number of methoxy groups -OCH3 is 2. The average molecular weight is 378 g/mol. The summed E-state index contributed by atoms with van der Waals surface area (Å²) in [4.78, 5) is 20.7. The van der Waals surface area contributed by atoms with Crippen LogP contribution in [0.1, 0.15) is 15.9 Å². The number of nitrogens with zero attached hydrogens (tertiary/aromatic N) is 2. The molecule has 2 N–H and O–H groups in total. The molecule has 2 aromatic carbocycles. The van der Waals surface area contributed by atoms with Gasteiger partial charge in [0.05, 0.1) is 19.8 Å². The molecular formula is C21H22N4O3. The lowest BCUT2D eigenvalue weighted by atomic mass is 10.1. The van der Waals surface area contributed by atoms with Crippen LogP contribution in [0.3, 0.4) is 0 Å². The molecule has 0 radical (unpaired) electrons. The first-order chi connectivity index (χ1) is 13.7. The summed E-state index contributed by atoms with van der Waals surface area (Å²) in [7, 11) is 3.24. The van der Waals surface area contributed by atoms with Crippen molar-refractivity contribution in [3.8, 4) is 11.5 Å². The number of benzene rings is 2. The Kier molecular flexibility index (Phi) is 6.41. The average Bonchev–Trinajstić information content (AvgIpc) is 2.74. The molecule has 0 fully saturated rings. The van der Waals surface area contributed by atoms with E-state index in [2.05, 4.69) is 20.6 Å². The van der Waals surface area contributed by atoms with Gasteiger partial charge in [-0.1, -0.05) is 24.3 Å². The van der Waals surface area contributed by atoms with E-state index in [9.17, 15) is 4.79 Å². The number of carbonyl (C=O) groups is 1. The quantitative estimate of drug-likeness (QED) is 0.625. The minimum atomic E-state index is -0.283. The molecule has 144 valence electrons. The monoisotopic (exact) mass is 378 g/mol. The Balaban J connectivity index is 1.54. The van der Waals surface area contributed by atoms with Gasteiger partial charge in [-0.2, -0.15) is 0 Å². The molecule has 0 unspecified atom stereocenters. The van der Waals surface area contributed by atoms with E-state index >= 15 is 0 Å². The normalized spacial score (nSPS) is 10.2. The van der Waals surface area contributed by atoms with Gasteiger partial charge >= 0.3 is 0 Å². The van der Waals surface area contributed by atoms with Crippen LogP contribution >= 0.6 is 0 Å². The van der Waals surface area contributed by atoms with Crippen molar-refractivity contribution in [3.05, 3.63) is 72.1 Å². The van der Waals surface area contributed by atoms with Crippen LogP contribution in [0.25, 0.3) is 0 Å². The third-order valence-corrected chi connectivity index (χ3v) is 4.11. The molecule has 0 saturated carbocycles. The van der Waals surface area contributed by atoms with Gasteiger partial charge in [0.25, 0.3) is 5.91 Å². The number of rotatable bonds is 8. The van der Waals surface area contributed by atoms with Gasteiger partial charge in [-0.05, 0) is 30.2 Å². The van der Waals surface area contributed by atoms with Crippen molar-refractivity contribution in [1.29, 1.82) is 0 Å². The number of hydrogen-bond acceptors (Lipinski definition) is 6. The molecule has 0 bridgehead atoms. The van der Waals surface area contributed by atoms with Crippen molar-refractivity contribution >= 4 is 17.5 Å². The van der Waals surface area contributed by atoms with Crippen LogP contribution < -0.4 is 20.1 Å². The summed E-state index contributed by atoms with van der Waals surface area (Å²) in [5.41, 5.74) is 2.12. The van der Waals surface area contributed by atoms with Gasteiger partial charge < -0.3 is 20.1 Å². The summed E-state index contributed by atoms with van der Waals surface area (Å²) in [6, 6.07) is 15.0. The topological polar surface area (TPSA) is 85.4 Å². The fourth-order valence-electron chi connectivity index (χ4n) is 2.66. The second kappa shape index (κ2) is 9.36. The van der Waals surface area contributed by atoms with E-state index in [-0.39, 0.29) is 5.91 Å². The number of ether oxygens (including phenoxy) is 2. The number of nitrogens with one attached hydrogen (secondary N) is 2. The smallest absolute Gasteiger partial charge is 0.258 e. The minimum Gasteiger partial charge on any atom is -0.497 e. The van der Waals surface area contributed by atoms with Gasteiger partial charge in [0, 0.05) is 30.7 Å². The predicted molar refractivity (Wildman–Crippen MR) is 108 cm³/mol. The van der Waals surface area contributed by atoms with Crippen molar-refractivity contribution < 1.29 is 14.3 Å². The zero-order valence-corrected chi connectivity index (χ0v) is 15.8. The predicted octanol–water partition coefficient (Wildman–Crippen LogP) is 3.40. The van der Waals surface area contributed by atoms with Gasteiger partial charge in [0.2, 0.25) is 5.95 Å². The van der Waals surface area contributed by atoms with Crippen molar-refractivity contribution in [2.24, 2.45) is 0 Å². The SMILES string of the molecule is COc1cccc(NC(=O)c2cnc(NCCc3ccccc3OC)nc2)c1. The van der Waals surface area contributed by atoms with Crippen molar-refractivity contribution in [1.82, 2.24) is 9.97 Å². The van der Waals surface area contributed by atoms with Crippen LogP contribution in [0.4, 0.5) is 11.6 Å². The molecule has 1 aromatic heterocycles. The fraction of sp³-hybridized carbons (Fsp3) is 0.190. The molecule has 0 aliphatic carbocycles. The highest BCUT2D eigenvalue weighted by Crippen LogP contribution is 2.18. The molecular weight excluding hydrogens is 356 g/mol. The van der Waals surface area contributed by atoms with E-state index in [4.69, 9.17) is 9.47 Å². The van der Waals surface area contributed by atoms with Crippen LogP contribution in [0.15, 0.2) is 60.9 Å². The van der Waals surface area contributed by atoms with Gasteiger partial charge in [-0.25, -0.2) is 9.97 Å². The van der Waals surface area contributed by atoms with Crippen LogP contribution in [-0.2, 0) is 6.42 Å². The lowest BCUT2D eigenvalue weighted by molar-refractivity contribution is 0.102. The maximum Gasteiger partial charge on any atom is 0.258 e. The minimum absolute atomic E-state index is 0.283. The molecule has 0 saturated heterocycles. The molecule has 3 rings (SSSR count). The Hall–Kier alpha value is -3.61. The maximum absolute atomic E-state index is 12.3. The summed E-state index contributed by atoms with van der Waals surface area (Å²) in [5, 5.41) is 5.95. The summed E-state index contributed by atoms with van der Waals surface area (Å²) < 4.78 is 10.5. The number of anilines is 2. The Morgan fingerprint density at radius 3 is 2.54 bits per heavy atom. The highest BCUT2D eigenvalue weighted by Gasteiger charge is 2.08. The Bertz CT molecular complexity index is 929. The fourth-order valence-corrected chi connectivity index (χ4v) is 2.66. The summed E-state index contributed by atoms with van der Waals surface area (Å²) in [6.07, 6.45) is 3.76. The Labute approximate surface area is 163 Å². The number of para-hydroxylation sites is 1. The van der Waals surface area contributed by atoms with Crippen LogP contribution in [0.2, 0.25) is 0 Å². The van der Waals surface area contributed by atoms with Gasteiger partial charge in [0.1, 0.15) is 11.5 Å². The lowest BCUT2D eigenvalue weighted by Crippen LogP contribution is -2.14. The molecule has 0 spiro atoms. The lowest BCUT2D eigenvalue weighted by Gasteiger charge is -2.09. The highest BCUT2D eigenvalue weighted by atomic mass is 16.5. The number of amides is 1. The Morgan fingerprint density at radius 1 is 1.00 bits per heavy atom. The number of aromatic nitrogens is 2. The molecule has 1 amide bonds. The van der Waals surface area contributed by atoms with Crippen molar-refractivity contribution in [3.63, 3.8) is 0 Å². The Morgan fingerprint density at radius 2 is 1.79 bits per heavy atom. The third kappa shape index (κ3) is 4.97. The molecule has 1 heterocycles. The number of carbonyl (C=O) groups excluding carboxylic acids is 1. The van der Waals surface area contributed by atoms with Crippen LogP contribution in [0, 0.1) is 0 Å². The van der Waals surface area contributed by atoms with Gasteiger partial charge in [0.15, 0.2) is 0 Å². The summed E-state index contributed by atoms with van der Waals surface area (Å²) in [5.74, 6) is 1.71. The maximum atomic E-state index is 12.3. The molecule has 7 heteroatoms. The zero-order valence-electron chi connectivity index (χ0n) is 15.8. The third-order valence-electron chi connectivity index (χ3n) is 4.11. The molecule has 0 aliphatic rings. The first kappa shape index (κ1) is 19.2. The second-order valence-corrected chi connectivity index (χ2v) is 5.97. The van der Waals surface area contributed by atoms with Gasteiger partial charge in [-0.15, -0.1) is 0 Å². The van der Waals surface area contributed by atoms with E-state index in [0.717, 1.165) is 17.7 Å². The van der Waals surface area contributed by atoms with Crippen molar-refractivity contribution in [2.75, 3.05) is 31.4 Å². The number of hydrogen-bond donors (Lipinski definition) is 2. The van der Waals surface area contributed by atoms with E-state index in [1.165, 1.54) is 12.4 Å². The zero-order chi connectivity index (χ0) is 19.8. The standard InChI is InChI=1S/C21H22N4O3/c1-27-18-8-5-7-17(12-18)25-20(26)16-13-23-21(24-14-16)22-11-10-15-6-3-4-9-19(15)28-2/h3-9,12-14H,10-11H2,1-2H3,(H,25,26)(H,22,23,24). The van der Waals surface area contributed by atoms with E-state index < -0.39 is 0 Å². The van der Waals surface area contributed by atoms with E-state index in [1.807, 2.05) is 30.3 Å². The summed E-state index contributed by atoms with van der Waals surface area (Å²) in [6.45, 7) is 0.649. The molecule has 3 aromatic rings. The largest absolute Gasteiger partial charge is 0.497 e. The molecule has 0 aliphatic heterocycles. The van der Waals surface area contributed by atoms with Gasteiger partial charge in [-0.3, -0.25) is 4.79 Å². The first-order valence-electron chi connectivity index (χ1n) is 8.83. The summed E-state index contributed by atoms with van der Waals surface area (Å²) >= 11 is 0. The van der Waals surface area contributed by atoms with Crippen LogP contribution in [-0.4, -0.2) is 36.6 Å².